The lowest BCUT2D eigenvalue weighted by Gasteiger charge is -2.36. The Hall–Kier alpha value is -0.860. The van der Waals surface area contributed by atoms with E-state index in [2.05, 4.69) is 62.2 Å². The van der Waals surface area contributed by atoms with Gasteiger partial charge in [0.1, 0.15) is 0 Å². The summed E-state index contributed by atoms with van der Waals surface area (Å²) in [6, 6.07) is 9.91. The Kier molecular flexibility index (Phi) is 5.62. The van der Waals surface area contributed by atoms with Crippen LogP contribution in [0.5, 0.6) is 0 Å². The fourth-order valence-corrected chi connectivity index (χ4v) is 3.04. The third-order valence-corrected chi connectivity index (χ3v) is 4.27. The van der Waals surface area contributed by atoms with Crippen LogP contribution in [0, 0.1) is 5.92 Å². The minimum absolute atomic E-state index is 0.582. The second-order valence-electron chi connectivity index (χ2n) is 6.75. The monoisotopic (exact) mass is 274 g/mol. The molecule has 20 heavy (non-hydrogen) atoms. The van der Waals surface area contributed by atoms with Crippen LogP contribution in [0.1, 0.15) is 57.2 Å². The van der Waals surface area contributed by atoms with Gasteiger partial charge in [-0.05, 0) is 29.4 Å². The van der Waals surface area contributed by atoms with E-state index < -0.39 is 0 Å². The molecule has 0 saturated carbocycles. The molecule has 112 valence electrons. The Balaban J connectivity index is 2.16. The summed E-state index contributed by atoms with van der Waals surface area (Å²) in [6.07, 6.45) is 1.25. The Bertz CT molecular complexity index is 388. The topological polar surface area (TPSA) is 15.3 Å². The molecular formula is C18H30N2. The van der Waals surface area contributed by atoms with Crippen LogP contribution in [-0.2, 0) is 0 Å². The van der Waals surface area contributed by atoms with Crippen molar-refractivity contribution < 1.29 is 0 Å². The van der Waals surface area contributed by atoms with Crippen LogP contribution in [0.15, 0.2) is 24.3 Å². The SMILES string of the molecule is CC(C)CC(c1ccc(C(C)C)cc1)N1CCNCC1. The largest absolute Gasteiger partial charge is 0.314 e. The molecule has 1 heterocycles. The Morgan fingerprint density at radius 1 is 0.950 bits per heavy atom. The molecule has 1 fully saturated rings. The lowest BCUT2D eigenvalue weighted by atomic mass is 9.93. The second kappa shape index (κ2) is 7.24. The van der Waals surface area contributed by atoms with Crippen molar-refractivity contribution in [3.8, 4) is 0 Å². The summed E-state index contributed by atoms with van der Waals surface area (Å²) in [6.45, 7) is 13.8. The molecule has 1 unspecified atom stereocenters. The van der Waals surface area contributed by atoms with E-state index in [1.807, 2.05) is 0 Å². The number of nitrogens with one attached hydrogen (secondary N) is 1. The summed E-state index contributed by atoms with van der Waals surface area (Å²) in [5, 5.41) is 3.46. The van der Waals surface area contributed by atoms with E-state index in [1.165, 1.54) is 30.6 Å². The number of hydrogen-bond acceptors (Lipinski definition) is 2. The van der Waals surface area contributed by atoms with Crippen LogP contribution in [-0.4, -0.2) is 31.1 Å². The molecule has 0 bridgehead atoms. The summed E-state index contributed by atoms with van der Waals surface area (Å²) >= 11 is 0. The van der Waals surface area contributed by atoms with Gasteiger partial charge in [0.2, 0.25) is 0 Å². The molecule has 1 atom stereocenters. The maximum atomic E-state index is 3.46. The van der Waals surface area contributed by atoms with Gasteiger partial charge < -0.3 is 5.32 Å². The van der Waals surface area contributed by atoms with Crippen molar-refractivity contribution in [2.75, 3.05) is 26.2 Å². The van der Waals surface area contributed by atoms with Gasteiger partial charge in [0.05, 0.1) is 0 Å². The van der Waals surface area contributed by atoms with Crippen LogP contribution in [0.2, 0.25) is 0 Å². The zero-order valence-electron chi connectivity index (χ0n) is 13.5. The smallest absolute Gasteiger partial charge is 0.0351 e. The molecule has 1 saturated heterocycles. The molecule has 0 spiro atoms. The van der Waals surface area contributed by atoms with Crippen LogP contribution >= 0.6 is 0 Å². The fourth-order valence-electron chi connectivity index (χ4n) is 3.04. The number of nitrogens with zero attached hydrogens (tertiary/aromatic N) is 1. The molecule has 1 aromatic rings. The Morgan fingerprint density at radius 3 is 2.00 bits per heavy atom. The highest BCUT2D eigenvalue weighted by Crippen LogP contribution is 2.29. The standard InChI is InChI=1S/C18H30N2/c1-14(2)13-18(20-11-9-19-10-12-20)17-7-5-16(6-8-17)15(3)4/h5-8,14-15,18-19H,9-13H2,1-4H3. The zero-order chi connectivity index (χ0) is 14.5. The summed E-state index contributed by atoms with van der Waals surface area (Å²) in [4.78, 5) is 2.65. The first-order chi connectivity index (χ1) is 9.58. The highest BCUT2D eigenvalue weighted by molar-refractivity contribution is 5.27. The van der Waals surface area contributed by atoms with Gasteiger partial charge in [-0.2, -0.15) is 0 Å². The molecule has 1 aromatic carbocycles. The number of rotatable bonds is 5. The summed E-state index contributed by atoms with van der Waals surface area (Å²) in [5.41, 5.74) is 2.93. The predicted molar refractivity (Wildman–Crippen MR) is 87.2 cm³/mol. The van der Waals surface area contributed by atoms with Gasteiger partial charge in [0.15, 0.2) is 0 Å². The van der Waals surface area contributed by atoms with Crippen LogP contribution in [0.3, 0.4) is 0 Å². The van der Waals surface area contributed by atoms with Crippen molar-refractivity contribution >= 4 is 0 Å². The maximum Gasteiger partial charge on any atom is 0.0351 e. The van der Waals surface area contributed by atoms with Crippen molar-refractivity contribution in [3.05, 3.63) is 35.4 Å². The number of benzene rings is 1. The van der Waals surface area contributed by atoms with E-state index in [9.17, 15) is 0 Å². The van der Waals surface area contributed by atoms with Gasteiger partial charge in [-0.25, -0.2) is 0 Å². The molecule has 0 radical (unpaired) electrons. The summed E-state index contributed by atoms with van der Waals surface area (Å²) in [7, 11) is 0. The van der Waals surface area contributed by atoms with Crippen LogP contribution in [0.25, 0.3) is 0 Å². The van der Waals surface area contributed by atoms with Crippen molar-refractivity contribution in [1.29, 1.82) is 0 Å². The molecule has 2 nitrogen and oxygen atoms in total. The summed E-state index contributed by atoms with van der Waals surface area (Å²) < 4.78 is 0. The minimum Gasteiger partial charge on any atom is -0.314 e. The molecule has 0 aromatic heterocycles. The molecule has 2 rings (SSSR count). The van der Waals surface area contributed by atoms with Gasteiger partial charge in [-0.15, -0.1) is 0 Å². The molecule has 0 amide bonds. The molecule has 0 aliphatic carbocycles. The van der Waals surface area contributed by atoms with Gasteiger partial charge >= 0.3 is 0 Å². The highest BCUT2D eigenvalue weighted by atomic mass is 15.2. The van der Waals surface area contributed by atoms with E-state index in [4.69, 9.17) is 0 Å². The first kappa shape index (κ1) is 15.5. The van der Waals surface area contributed by atoms with Crippen molar-refractivity contribution in [2.24, 2.45) is 5.92 Å². The average Bonchev–Trinajstić information content (AvgIpc) is 2.45. The Labute approximate surface area is 124 Å². The van der Waals surface area contributed by atoms with Gasteiger partial charge in [-0.1, -0.05) is 52.0 Å². The maximum absolute atomic E-state index is 3.46. The third kappa shape index (κ3) is 4.07. The van der Waals surface area contributed by atoms with Crippen molar-refractivity contribution in [2.45, 2.75) is 46.1 Å². The predicted octanol–water partition coefficient (Wildman–Crippen LogP) is 3.80. The number of piperazine rings is 1. The third-order valence-electron chi connectivity index (χ3n) is 4.27. The fraction of sp³-hybridized carbons (Fsp3) is 0.667. The minimum atomic E-state index is 0.582. The van der Waals surface area contributed by atoms with Gasteiger partial charge in [-0.3, -0.25) is 4.90 Å². The van der Waals surface area contributed by atoms with Gasteiger partial charge in [0.25, 0.3) is 0 Å². The van der Waals surface area contributed by atoms with Crippen molar-refractivity contribution in [3.63, 3.8) is 0 Å². The normalized spacial score (nSPS) is 18.7. The first-order valence-electron chi connectivity index (χ1n) is 8.12. The van der Waals surface area contributed by atoms with E-state index in [0.717, 1.165) is 19.0 Å². The quantitative estimate of drug-likeness (QED) is 0.878. The zero-order valence-corrected chi connectivity index (χ0v) is 13.5. The highest BCUT2D eigenvalue weighted by Gasteiger charge is 2.22. The lowest BCUT2D eigenvalue weighted by molar-refractivity contribution is 0.154. The molecular weight excluding hydrogens is 244 g/mol. The number of hydrogen-bond donors (Lipinski definition) is 1. The van der Waals surface area contributed by atoms with E-state index in [-0.39, 0.29) is 0 Å². The van der Waals surface area contributed by atoms with Crippen molar-refractivity contribution in [1.82, 2.24) is 10.2 Å². The lowest BCUT2D eigenvalue weighted by Crippen LogP contribution is -2.45. The Morgan fingerprint density at radius 2 is 1.50 bits per heavy atom. The van der Waals surface area contributed by atoms with Crippen LogP contribution < -0.4 is 5.32 Å². The average molecular weight is 274 g/mol. The van der Waals surface area contributed by atoms with E-state index >= 15 is 0 Å². The second-order valence-corrected chi connectivity index (χ2v) is 6.75. The molecule has 1 aliphatic heterocycles. The summed E-state index contributed by atoms with van der Waals surface area (Å²) in [5.74, 6) is 1.35. The molecule has 1 N–H and O–H groups in total. The van der Waals surface area contributed by atoms with Gasteiger partial charge in [0, 0.05) is 32.2 Å². The first-order valence-corrected chi connectivity index (χ1v) is 8.12. The van der Waals surface area contributed by atoms with Crippen LogP contribution in [0.4, 0.5) is 0 Å². The van der Waals surface area contributed by atoms with E-state index in [1.54, 1.807) is 0 Å². The molecule has 2 heteroatoms. The van der Waals surface area contributed by atoms with E-state index in [0.29, 0.717) is 12.0 Å². The molecule has 1 aliphatic rings.